The second-order valence-corrected chi connectivity index (χ2v) is 10.1. The smallest absolute Gasteiger partial charge is 0.261 e. The van der Waals surface area contributed by atoms with Crippen molar-refractivity contribution < 1.29 is 14.3 Å². The molecule has 3 aromatic rings. The molecule has 1 N–H and O–H groups in total. The average molecular weight is 542 g/mol. The van der Waals surface area contributed by atoms with Crippen LogP contribution in [-0.4, -0.2) is 35.4 Å². The molecule has 0 aromatic heterocycles. The summed E-state index contributed by atoms with van der Waals surface area (Å²) in [5.74, 6) is 0.0713. The van der Waals surface area contributed by atoms with Crippen molar-refractivity contribution in [1.82, 2.24) is 10.2 Å². The lowest BCUT2D eigenvalue weighted by Crippen LogP contribution is -2.53. The van der Waals surface area contributed by atoms with E-state index in [2.05, 4.69) is 5.32 Å². The Hall–Kier alpha value is -3.02. The predicted octanol–water partition coefficient (Wildman–Crippen LogP) is 6.54. The molecule has 0 aliphatic rings. The van der Waals surface area contributed by atoms with E-state index in [4.69, 9.17) is 27.9 Å². The van der Waals surface area contributed by atoms with Gasteiger partial charge in [0.2, 0.25) is 5.91 Å². The molecule has 7 heteroatoms. The number of ether oxygens (including phenoxy) is 1. The summed E-state index contributed by atoms with van der Waals surface area (Å²) in [4.78, 5) is 28.8. The number of hydrogen-bond acceptors (Lipinski definition) is 3. The van der Waals surface area contributed by atoms with Crippen molar-refractivity contribution >= 4 is 35.0 Å². The van der Waals surface area contributed by atoms with Crippen LogP contribution in [0.2, 0.25) is 10.0 Å². The molecule has 2 atom stereocenters. The molecule has 0 aliphatic heterocycles. The van der Waals surface area contributed by atoms with Gasteiger partial charge in [-0.3, -0.25) is 9.59 Å². The Balaban J connectivity index is 1.92. The molecule has 2 unspecified atom stereocenters. The van der Waals surface area contributed by atoms with Crippen LogP contribution in [0.5, 0.6) is 5.75 Å². The van der Waals surface area contributed by atoms with Crippen LogP contribution in [0.25, 0.3) is 0 Å². The molecule has 0 radical (unpaired) electrons. The lowest BCUT2D eigenvalue weighted by molar-refractivity contribution is -0.143. The van der Waals surface area contributed by atoms with Crippen LogP contribution in [0.15, 0.2) is 66.7 Å². The summed E-state index contributed by atoms with van der Waals surface area (Å²) in [6, 6.07) is 19.9. The Morgan fingerprint density at radius 2 is 1.57 bits per heavy atom. The largest absolute Gasteiger partial charge is 0.484 e. The summed E-state index contributed by atoms with van der Waals surface area (Å²) < 4.78 is 5.90. The molecule has 0 bridgehead atoms. The van der Waals surface area contributed by atoms with E-state index < -0.39 is 6.04 Å². The minimum atomic E-state index is -0.725. The summed E-state index contributed by atoms with van der Waals surface area (Å²) >= 11 is 12.4. The predicted molar refractivity (Wildman–Crippen MR) is 150 cm³/mol. The molecule has 3 aromatic carbocycles. The maximum absolute atomic E-state index is 13.7. The summed E-state index contributed by atoms with van der Waals surface area (Å²) in [6.07, 6.45) is 1.16. The number of nitrogens with one attached hydrogen (secondary N) is 1. The Bertz CT molecular complexity index is 1180. The summed E-state index contributed by atoms with van der Waals surface area (Å²) in [5.41, 5.74) is 3.57. The van der Waals surface area contributed by atoms with E-state index >= 15 is 0 Å². The van der Waals surface area contributed by atoms with Crippen LogP contribution < -0.4 is 10.1 Å². The number of nitrogens with zero attached hydrogens (tertiary/aromatic N) is 1. The lowest BCUT2D eigenvalue weighted by atomic mass is 10.0. The third-order valence-corrected chi connectivity index (χ3v) is 7.16. The second-order valence-electron chi connectivity index (χ2n) is 9.33. The van der Waals surface area contributed by atoms with Crippen LogP contribution in [-0.2, 0) is 22.6 Å². The summed E-state index contributed by atoms with van der Waals surface area (Å²) in [6.45, 7) is 7.78. The van der Waals surface area contributed by atoms with Gasteiger partial charge in [-0.05, 0) is 73.7 Å². The zero-order chi connectivity index (χ0) is 26.9. The third-order valence-electron chi connectivity index (χ3n) is 6.31. The van der Waals surface area contributed by atoms with Gasteiger partial charge in [-0.15, -0.1) is 0 Å². The van der Waals surface area contributed by atoms with Gasteiger partial charge >= 0.3 is 0 Å². The van der Waals surface area contributed by atoms with Crippen LogP contribution in [0.1, 0.15) is 42.5 Å². The Kier molecular flexibility index (Phi) is 10.4. The van der Waals surface area contributed by atoms with E-state index in [9.17, 15) is 9.59 Å². The quantitative estimate of drug-likeness (QED) is 0.300. The first-order valence-corrected chi connectivity index (χ1v) is 13.2. The first-order valence-electron chi connectivity index (χ1n) is 12.5. The third kappa shape index (κ3) is 8.24. The number of hydrogen-bond donors (Lipinski definition) is 1. The maximum atomic E-state index is 13.7. The van der Waals surface area contributed by atoms with Crippen molar-refractivity contribution in [2.24, 2.45) is 0 Å². The number of carbonyl (C=O) groups is 2. The van der Waals surface area contributed by atoms with Gasteiger partial charge in [0.15, 0.2) is 6.61 Å². The van der Waals surface area contributed by atoms with Crippen LogP contribution >= 0.6 is 23.2 Å². The van der Waals surface area contributed by atoms with E-state index in [0.717, 1.165) is 28.7 Å². The first-order chi connectivity index (χ1) is 17.7. The van der Waals surface area contributed by atoms with Crippen molar-refractivity contribution in [3.05, 3.63) is 99.0 Å². The lowest BCUT2D eigenvalue weighted by Gasteiger charge is -2.32. The van der Waals surface area contributed by atoms with Crippen molar-refractivity contribution in [1.29, 1.82) is 0 Å². The Morgan fingerprint density at radius 3 is 2.16 bits per heavy atom. The highest BCUT2D eigenvalue weighted by Crippen LogP contribution is 2.26. The van der Waals surface area contributed by atoms with E-state index in [-0.39, 0.29) is 31.0 Å². The fourth-order valence-electron chi connectivity index (χ4n) is 4.00. The molecule has 5 nitrogen and oxygen atoms in total. The first kappa shape index (κ1) is 28.5. The molecule has 3 rings (SSSR count). The van der Waals surface area contributed by atoms with Crippen LogP contribution in [0, 0.1) is 13.8 Å². The van der Waals surface area contributed by atoms with Gasteiger partial charge in [0.1, 0.15) is 11.8 Å². The Morgan fingerprint density at radius 1 is 0.946 bits per heavy atom. The summed E-state index contributed by atoms with van der Waals surface area (Å²) in [5, 5.41) is 4.34. The standard InChI is InChI=1S/C30H34Cl2N2O3/c1-5-22(4)33-30(36)27(17-23-9-7-6-8-10-23)34(18-24-11-13-25(31)14-12-24)28(35)19-37-26-15-20(2)29(32)21(3)16-26/h6-16,22,27H,5,17-19H2,1-4H3,(H,33,36). The zero-order valence-electron chi connectivity index (χ0n) is 21.8. The second kappa shape index (κ2) is 13.5. The van der Waals surface area contributed by atoms with Crippen molar-refractivity contribution in [3.63, 3.8) is 0 Å². The minimum Gasteiger partial charge on any atom is -0.484 e. The number of benzene rings is 3. The molecule has 0 saturated heterocycles. The van der Waals surface area contributed by atoms with Gasteiger partial charge in [-0.1, -0.05) is 72.6 Å². The number of carbonyl (C=O) groups excluding carboxylic acids is 2. The number of aryl methyl sites for hydroxylation is 2. The number of rotatable bonds is 11. The topological polar surface area (TPSA) is 58.6 Å². The van der Waals surface area contributed by atoms with Crippen molar-refractivity contribution in [2.45, 2.75) is 59.2 Å². The highest BCUT2D eigenvalue weighted by atomic mass is 35.5. The molecule has 37 heavy (non-hydrogen) atoms. The average Bonchev–Trinajstić information content (AvgIpc) is 2.89. The van der Waals surface area contributed by atoms with Gasteiger partial charge in [0.05, 0.1) is 0 Å². The van der Waals surface area contributed by atoms with Gasteiger partial charge in [-0.2, -0.15) is 0 Å². The van der Waals surface area contributed by atoms with Crippen molar-refractivity contribution in [3.8, 4) is 5.75 Å². The fourth-order valence-corrected chi connectivity index (χ4v) is 4.23. The molecule has 0 fully saturated rings. The van der Waals surface area contributed by atoms with Gasteiger partial charge < -0.3 is 15.0 Å². The number of amides is 2. The Labute approximate surface area is 229 Å². The van der Waals surface area contributed by atoms with Gasteiger partial charge in [0.25, 0.3) is 5.91 Å². The SMILES string of the molecule is CCC(C)NC(=O)C(Cc1ccccc1)N(Cc1ccc(Cl)cc1)C(=O)COc1cc(C)c(Cl)c(C)c1. The summed E-state index contributed by atoms with van der Waals surface area (Å²) in [7, 11) is 0. The molecule has 0 aliphatic carbocycles. The van der Waals surface area contributed by atoms with Crippen molar-refractivity contribution in [2.75, 3.05) is 6.61 Å². The van der Waals surface area contributed by atoms with E-state index in [1.165, 1.54) is 0 Å². The van der Waals surface area contributed by atoms with E-state index in [1.54, 1.807) is 17.0 Å². The highest BCUT2D eigenvalue weighted by Gasteiger charge is 2.31. The van der Waals surface area contributed by atoms with Gasteiger partial charge in [0, 0.05) is 29.1 Å². The number of halogens is 2. The highest BCUT2D eigenvalue weighted by molar-refractivity contribution is 6.32. The normalized spacial score (nSPS) is 12.5. The molecule has 0 saturated carbocycles. The maximum Gasteiger partial charge on any atom is 0.261 e. The van der Waals surface area contributed by atoms with E-state index in [0.29, 0.717) is 22.2 Å². The minimum absolute atomic E-state index is 0.0190. The molecular weight excluding hydrogens is 507 g/mol. The van der Waals surface area contributed by atoms with E-state index in [1.807, 2.05) is 82.3 Å². The van der Waals surface area contributed by atoms with Crippen LogP contribution in [0.3, 0.4) is 0 Å². The fraction of sp³-hybridized carbons (Fsp3) is 0.333. The molecule has 2 amide bonds. The van der Waals surface area contributed by atoms with Crippen LogP contribution in [0.4, 0.5) is 0 Å². The molecule has 0 spiro atoms. The molecule has 0 heterocycles. The van der Waals surface area contributed by atoms with Gasteiger partial charge in [-0.25, -0.2) is 0 Å². The zero-order valence-corrected chi connectivity index (χ0v) is 23.3. The molecule has 196 valence electrons. The monoisotopic (exact) mass is 540 g/mol. The molecular formula is C30H34Cl2N2O3.